The molecule has 9 heavy (non-hydrogen) atoms. The summed E-state index contributed by atoms with van der Waals surface area (Å²) < 4.78 is 0. The highest BCUT2D eigenvalue weighted by molar-refractivity contribution is 5.25. The summed E-state index contributed by atoms with van der Waals surface area (Å²) >= 11 is 0. The molecule has 1 unspecified atom stereocenters. The zero-order valence-corrected chi connectivity index (χ0v) is 5.43. The van der Waals surface area contributed by atoms with Crippen LogP contribution >= 0.6 is 0 Å². The first-order valence-electron chi connectivity index (χ1n) is 3.47. The van der Waals surface area contributed by atoms with Crippen LogP contribution in [0.3, 0.4) is 0 Å². The van der Waals surface area contributed by atoms with Crippen LogP contribution in [0.25, 0.3) is 0 Å². The second kappa shape index (κ2) is 1.62. The standard InChI is InChI=1S/C9H10/c1-2-8-5-7-3-4-9(8)6-7/h3-4,7,9H,1,5-6H2/t7?,9-/m1/s1. The maximum absolute atomic E-state index is 3.67. The summed E-state index contributed by atoms with van der Waals surface area (Å²) in [5.74, 6) is 1.55. The first-order valence-corrected chi connectivity index (χ1v) is 3.47. The van der Waals surface area contributed by atoms with E-state index in [0.29, 0.717) is 5.92 Å². The summed E-state index contributed by atoms with van der Waals surface area (Å²) in [6.07, 6.45) is 7.18. The summed E-state index contributed by atoms with van der Waals surface area (Å²) in [6.45, 7) is 3.67. The van der Waals surface area contributed by atoms with E-state index in [2.05, 4.69) is 24.5 Å². The van der Waals surface area contributed by atoms with Crippen LogP contribution in [0.5, 0.6) is 0 Å². The van der Waals surface area contributed by atoms with Crippen LogP contribution in [0.2, 0.25) is 0 Å². The third-order valence-corrected chi connectivity index (χ3v) is 2.33. The Bertz CT molecular complexity index is 204. The fourth-order valence-electron chi connectivity index (χ4n) is 1.82. The molecule has 46 valence electrons. The second-order valence-electron chi connectivity index (χ2n) is 2.89. The van der Waals surface area contributed by atoms with E-state index in [1.54, 1.807) is 0 Å². The topological polar surface area (TPSA) is 0 Å². The van der Waals surface area contributed by atoms with Crippen molar-refractivity contribution in [3.05, 3.63) is 30.0 Å². The van der Waals surface area contributed by atoms with Crippen molar-refractivity contribution in [2.24, 2.45) is 11.8 Å². The van der Waals surface area contributed by atoms with Gasteiger partial charge in [0.25, 0.3) is 0 Å². The predicted octanol–water partition coefficient (Wildman–Crippen LogP) is 2.29. The van der Waals surface area contributed by atoms with E-state index in [-0.39, 0.29) is 0 Å². The third-order valence-electron chi connectivity index (χ3n) is 2.33. The van der Waals surface area contributed by atoms with Crippen LogP contribution in [0, 0.1) is 11.8 Å². The molecule has 1 saturated carbocycles. The molecule has 0 saturated heterocycles. The fourth-order valence-corrected chi connectivity index (χ4v) is 1.82. The lowest BCUT2D eigenvalue weighted by atomic mass is 10.0. The molecule has 1 fully saturated rings. The zero-order valence-electron chi connectivity index (χ0n) is 5.43. The molecule has 0 nitrogen and oxygen atoms in total. The first kappa shape index (κ1) is 5.08. The average Bonchev–Trinajstić information content (AvgIpc) is 2.45. The Morgan fingerprint density at radius 1 is 1.56 bits per heavy atom. The van der Waals surface area contributed by atoms with Gasteiger partial charge in [0.2, 0.25) is 0 Å². The van der Waals surface area contributed by atoms with Crippen molar-refractivity contribution in [2.75, 3.05) is 0 Å². The molecule has 0 amide bonds. The van der Waals surface area contributed by atoms with E-state index in [9.17, 15) is 0 Å². The Morgan fingerprint density at radius 2 is 2.44 bits per heavy atom. The van der Waals surface area contributed by atoms with Crippen LogP contribution in [-0.2, 0) is 0 Å². The fraction of sp³-hybridized carbons (Fsp3) is 0.444. The highest BCUT2D eigenvalue weighted by Crippen LogP contribution is 2.42. The predicted molar refractivity (Wildman–Crippen MR) is 38.0 cm³/mol. The number of fused-ring (bicyclic) bond motifs is 2. The molecule has 2 atom stereocenters. The third kappa shape index (κ3) is 0.602. The summed E-state index contributed by atoms with van der Waals surface area (Å²) in [5, 5.41) is 0. The van der Waals surface area contributed by atoms with Gasteiger partial charge in [-0.25, -0.2) is 0 Å². The minimum atomic E-state index is 0.715. The Kier molecular flexibility index (Phi) is 0.913. The van der Waals surface area contributed by atoms with Gasteiger partial charge in [-0.15, -0.1) is 5.73 Å². The molecular weight excluding hydrogens is 108 g/mol. The number of hydrogen-bond acceptors (Lipinski definition) is 0. The smallest absolute Gasteiger partial charge is 0.00585 e. The zero-order chi connectivity index (χ0) is 6.27. The molecule has 0 aromatic heterocycles. The molecule has 2 aliphatic carbocycles. The van der Waals surface area contributed by atoms with Gasteiger partial charge in [-0.3, -0.25) is 0 Å². The number of rotatable bonds is 0. The second-order valence-corrected chi connectivity index (χ2v) is 2.89. The van der Waals surface area contributed by atoms with Gasteiger partial charge in [-0.2, -0.15) is 0 Å². The molecule has 2 bridgehead atoms. The monoisotopic (exact) mass is 118 g/mol. The van der Waals surface area contributed by atoms with Crippen molar-refractivity contribution in [1.29, 1.82) is 0 Å². The van der Waals surface area contributed by atoms with Crippen molar-refractivity contribution in [2.45, 2.75) is 12.8 Å². The number of hydrogen-bond donors (Lipinski definition) is 0. The molecule has 0 heterocycles. The van der Waals surface area contributed by atoms with Crippen molar-refractivity contribution >= 4 is 0 Å². The van der Waals surface area contributed by atoms with Crippen molar-refractivity contribution in [1.82, 2.24) is 0 Å². The van der Waals surface area contributed by atoms with Crippen molar-refractivity contribution in [3.63, 3.8) is 0 Å². The highest BCUT2D eigenvalue weighted by Gasteiger charge is 2.30. The summed E-state index contributed by atoms with van der Waals surface area (Å²) in [4.78, 5) is 0. The lowest BCUT2D eigenvalue weighted by molar-refractivity contribution is 0.693. The minimum absolute atomic E-state index is 0.715. The van der Waals surface area contributed by atoms with Gasteiger partial charge in [0.1, 0.15) is 0 Å². The highest BCUT2D eigenvalue weighted by atomic mass is 14.3. The largest absolute Gasteiger partial charge is 0.129 e. The SMILES string of the molecule is C=C=C1CC2C=C[C@@H]1C2. The molecule has 0 radical (unpaired) electrons. The van der Waals surface area contributed by atoms with E-state index in [1.165, 1.54) is 18.4 Å². The van der Waals surface area contributed by atoms with Gasteiger partial charge < -0.3 is 0 Å². The van der Waals surface area contributed by atoms with E-state index in [4.69, 9.17) is 0 Å². The molecular formula is C9H10. The summed E-state index contributed by atoms with van der Waals surface area (Å²) in [7, 11) is 0. The van der Waals surface area contributed by atoms with Crippen LogP contribution in [0.15, 0.2) is 30.0 Å². The maximum atomic E-state index is 3.67. The van der Waals surface area contributed by atoms with Crippen LogP contribution in [-0.4, -0.2) is 0 Å². The molecule has 2 aliphatic rings. The van der Waals surface area contributed by atoms with Gasteiger partial charge in [-0.1, -0.05) is 18.7 Å². The van der Waals surface area contributed by atoms with Crippen molar-refractivity contribution in [3.8, 4) is 0 Å². The number of allylic oxidation sites excluding steroid dienone is 3. The normalized spacial score (nSPS) is 37.6. The average molecular weight is 118 g/mol. The Labute approximate surface area is 55.6 Å². The van der Waals surface area contributed by atoms with Crippen LogP contribution < -0.4 is 0 Å². The molecule has 0 N–H and O–H groups in total. The molecule has 0 aromatic rings. The lowest BCUT2D eigenvalue weighted by Gasteiger charge is -2.02. The van der Waals surface area contributed by atoms with Gasteiger partial charge in [0, 0.05) is 5.92 Å². The molecule has 0 aliphatic heterocycles. The Hall–Kier alpha value is -0.740. The Morgan fingerprint density at radius 3 is 2.78 bits per heavy atom. The quantitative estimate of drug-likeness (QED) is 0.338. The molecule has 0 heteroatoms. The van der Waals surface area contributed by atoms with E-state index in [0.717, 1.165) is 5.92 Å². The molecule has 0 aromatic carbocycles. The molecule has 0 spiro atoms. The summed E-state index contributed by atoms with van der Waals surface area (Å²) in [6, 6.07) is 0. The van der Waals surface area contributed by atoms with E-state index in [1.807, 2.05) is 0 Å². The Balaban J connectivity index is 2.39. The van der Waals surface area contributed by atoms with E-state index >= 15 is 0 Å². The maximum Gasteiger partial charge on any atom is 0.00585 e. The van der Waals surface area contributed by atoms with Crippen LogP contribution in [0.4, 0.5) is 0 Å². The minimum Gasteiger partial charge on any atom is -0.129 e. The first-order chi connectivity index (χ1) is 4.40. The van der Waals surface area contributed by atoms with Crippen molar-refractivity contribution < 1.29 is 0 Å². The summed E-state index contributed by atoms with van der Waals surface area (Å²) in [5.41, 5.74) is 4.44. The van der Waals surface area contributed by atoms with Gasteiger partial charge in [0.15, 0.2) is 0 Å². The van der Waals surface area contributed by atoms with E-state index < -0.39 is 0 Å². The lowest BCUT2D eigenvalue weighted by Crippen LogP contribution is -1.89. The van der Waals surface area contributed by atoms with Gasteiger partial charge >= 0.3 is 0 Å². The molecule has 2 rings (SSSR count). The van der Waals surface area contributed by atoms with Gasteiger partial charge in [0.05, 0.1) is 0 Å². The van der Waals surface area contributed by atoms with Gasteiger partial charge in [-0.05, 0) is 24.3 Å². The van der Waals surface area contributed by atoms with Crippen LogP contribution in [0.1, 0.15) is 12.8 Å².